The van der Waals surface area contributed by atoms with Crippen molar-refractivity contribution in [2.24, 2.45) is 4.99 Å². The molecule has 0 aromatic heterocycles. The van der Waals surface area contributed by atoms with Gasteiger partial charge in [-0.2, -0.15) is 0 Å². The molecule has 1 atom stereocenters. The molecule has 0 amide bonds. The summed E-state index contributed by atoms with van der Waals surface area (Å²) < 4.78 is 0. The van der Waals surface area contributed by atoms with E-state index in [1.807, 2.05) is 25.1 Å². The van der Waals surface area contributed by atoms with Gasteiger partial charge < -0.3 is 0 Å². The fourth-order valence-electron chi connectivity index (χ4n) is 1.05. The maximum Gasteiger partial charge on any atom is 0.0563 e. The molecule has 0 fully saturated rings. The zero-order valence-corrected chi connectivity index (χ0v) is 9.12. The first-order valence-electron chi connectivity index (χ1n) is 5.09. The van der Waals surface area contributed by atoms with E-state index in [9.17, 15) is 0 Å². The summed E-state index contributed by atoms with van der Waals surface area (Å²) in [5.74, 6) is 3.09. The molecular formula is C13H17N. The average molecular weight is 187 g/mol. The molecule has 74 valence electrons. The summed E-state index contributed by atoms with van der Waals surface area (Å²) in [6.45, 7) is 6.28. The van der Waals surface area contributed by atoms with Gasteiger partial charge in [0.25, 0.3) is 0 Å². The molecule has 0 radical (unpaired) electrons. The Hall–Kier alpha value is -1.33. The van der Waals surface area contributed by atoms with Gasteiger partial charge in [0.15, 0.2) is 0 Å². The van der Waals surface area contributed by atoms with E-state index in [2.05, 4.69) is 36.8 Å². The topological polar surface area (TPSA) is 12.4 Å². The third-order valence-corrected chi connectivity index (χ3v) is 2.25. The fraction of sp³-hybridized carbons (Fsp3) is 0.385. The van der Waals surface area contributed by atoms with Crippen molar-refractivity contribution in [3.8, 4) is 0 Å². The molecule has 0 aliphatic carbocycles. The van der Waals surface area contributed by atoms with Crippen molar-refractivity contribution in [1.82, 2.24) is 0 Å². The Morgan fingerprint density at radius 1 is 1.36 bits per heavy atom. The first-order valence-corrected chi connectivity index (χ1v) is 5.09. The normalized spacial score (nSPS) is 11.6. The van der Waals surface area contributed by atoms with Crippen molar-refractivity contribution in [2.45, 2.75) is 33.2 Å². The second-order valence-electron chi connectivity index (χ2n) is 3.49. The van der Waals surface area contributed by atoms with Crippen molar-refractivity contribution in [3.05, 3.63) is 35.9 Å². The van der Waals surface area contributed by atoms with E-state index >= 15 is 0 Å². The summed E-state index contributed by atoms with van der Waals surface area (Å²) in [6, 6.07) is 10.6. The molecular weight excluding hydrogens is 170 g/mol. The average Bonchev–Trinajstić information content (AvgIpc) is 2.26. The molecule has 14 heavy (non-hydrogen) atoms. The third kappa shape index (κ3) is 3.20. The Balaban J connectivity index is 2.85. The van der Waals surface area contributed by atoms with Gasteiger partial charge >= 0.3 is 0 Å². The van der Waals surface area contributed by atoms with Crippen LogP contribution in [-0.4, -0.2) is 11.9 Å². The molecule has 0 saturated heterocycles. The molecule has 0 saturated carbocycles. The molecule has 1 aromatic carbocycles. The lowest BCUT2D eigenvalue weighted by Crippen LogP contribution is -1.92. The van der Waals surface area contributed by atoms with Crippen LogP contribution >= 0.6 is 0 Å². The van der Waals surface area contributed by atoms with Gasteiger partial charge in [-0.15, -0.1) is 0 Å². The van der Waals surface area contributed by atoms with Crippen molar-refractivity contribution in [2.75, 3.05) is 0 Å². The van der Waals surface area contributed by atoms with Gasteiger partial charge in [-0.3, -0.25) is 0 Å². The summed E-state index contributed by atoms with van der Waals surface area (Å²) in [5.41, 5.74) is 2.30. The molecule has 1 rings (SSSR count). The number of hydrogen-bond acceptors (Lipinski definition) is 1. The molecule has 0 aliphatic heterocycles. The molecule has 0 bridgehead atoms. The highest BCUT2D eigenvalue weighted by molar-refractivity contribution is 5.88. The van der Waals surface area contributed by atoms with Crippen LogP contribution in [0.1, 0.15) is 32.8 Å². The Bertz CT molecular complexity index is 332. The molecule has 0 spiro atoms. The molecule has 1 aromatic rings. The van der Waals surface area contributed by atoms with E-state index in [-0.39, 0.29) is 0 Å². The largest absolute Gasteiger partial charge is 0.240 e. The summed E-state index contributed by atoms with van der Waals surface area (Å²) in [5, 5.41) is 0. The smallest absolute Gasteiger partial charge is 0.0563 e. The van der Waals surface area contributed by atoms with E-state index in [0.29, 0.717) is 6.04 Å². The Labute approximate surface area is 86.2 Å². The number of aliphatic imine (C=N–C) groups is 1. The van der Waals surface area contributed by atoms with Crippen LogP contribution in [0.2, 0.25) is 0 Å². The molecule has 1 heteroatoms. The first kappa shape index (κ1) is 10.7. The SMILES string of the molecule is CC[C@H](C)N=C=C(C)c1ccccc1. The quantitative estimate of drug-likeness (QED) is 0.642. The van der Waals surface area contributed by atoms with Crippen LogP contribution in [0.25, 0.3) is 5.57 Å². The lowest BCUT2D eigenvalue weighted by atomic mass is 10.1. The molecule has 1 nitrogen and oxygen atoms in total. The van der Waals surface area contributed by atoms with Crippen molar-refractivity contribution >= 4 is 11.4 Å². The standard InChI is InChI=1S/C13H17N/c1-4-12(3)14-10-11(2)13-8-6-5-7-9-13/h5-9,12H,4H2,1-3H3/t12-/m0/s1. The number of benzene rings is 1. The minimum absolute atomic E-state index is 0.369. The Morgan fingerprint density at radius 3 is 2.57 bits per heavy atom. The van der Waals surface area contributed by atoms with Crippen LogP contribution in [0.3, 0.4) is 0 Å². The van der Waals surface area contributed by atoms with Crippen LogP contribution in [0, 0.1) is 0 Å². The van der Waals surface area contributed by atoms with Gasteiger partial charge in [0.2, 0.25) is 0 Å². The Kier molecular flexibility index (Phi) is 4.15. The fourth-order valence-corrected chi connectivity index (χ4v) is 1.05. The van der Waals surface area contributed by atoms with Gasteiger partial charge in [0, 0.05) is 5.57 Å². The highest BCUT2D eigenvalue weighted by atomic mass is 14.7. The minimum Gasteiger partial charge on any atom is -0.240 e. The molecule has 0 aliphatic rings. The van der Waals surface area contributed by atoms with E-state index in [1.54, 1.807) is 0 Å². The number of rotatable bonds is 3. The summed E-state index contributed by atoms with van der Waals surface area (Å²) in [7, 11) is 0. The summed E-state index contributed by atoms with van der Waals surface area (Å²) >= 11 is 0. The van der Waals surface area contributed by atoms with Crippen LogP contribution in [-0.2, 0) is 0 Å². The summed E-state index contributed by atoms with van der Waals surface area (Å²) in [4.78, 5) is 4.33. The lowest BCUT2D eigenvalue weighted by molar-refractivity contribution is 0.721. The van der Waals surface area contributed by atoms with E-state index in [0.717, 1.165) is 12.0 Å². The minimum atomic E-state index is 0.369. The summed E-state index contributed by atoms with van der Waals surface area (Å²) in [6.07, 6.45) is 1.06. The van der Waals surface area contributed by atoms with Crippen molar-refractivity contribution < 1.29 is 0 Å². The van der Waals surface area contributed by atoms with Crippen LogP contribution in [0.4, 0.5) is 0 Å². The van der Waals surface area contributed by atoms with Gasteiger partial charge in [0.1, 0.15) is 0 Å². The van der Waals surface area contributed by atoms with Crippen LogP contribution in [0.5, 0.6) is 0 Å². The third-order valence-electron chi connectivity index (χ3n) is 2.25. The zero-order chi connectivity index (χ0) is 10.4. The molecule has 0 heterocycles. The van der Waals surface area contributed by atoms with Crippen LogP contribution < -0.4 is 0 Å². The molecule has 0 N–H and O–H groups in total. The number of nitrogens with zero attached hydrogens (tertiary/aromatic N) is 1. The lowest BCUT2D eigenvalue weighted by Gasteiger charge is -1.98. The predicted octanol–water partition coefficient (Wildman–Crippen LogP) is 3.56. The van der Waals surface area contributed by atoms with Gasteiger partial charge in [-0.25, -0.2) is 4.99 Å². The highest BCUT2D eigenvalue weighted by Crippen LogP contribution is 2.09. The van der Waals surface area contributed by atoms with Gasteiger partial charge in [-0.1, -0.05) is 37.3 Å². The zero-order valence-electron chi connectivity index (χ0n) is 9.12. The second-order valence-corrected chi connectivity index (χ2v) is 3.49. The van der Waals surface area contributed by atoms with Gasteiger partial charge in [-0.05, 0) is 31.7 Å². The van der Waals surface area contributed by atoms with E-state index in [1.165, 1.54) is 5.56 Å². The van der Waals surface area contributed by atoms with Gasteiger partial charge in [0.05, 0.1) is 6.04 Å². The number of allylic oxidation sites excluding steroid dienone is 1. The number of hydrogen-bond donors (Lipinski definition) is 0. The first-order chi connectivity index (χ1) is 6.74. The van der Waals surface area contributed by atoms with Crippen molar-refractivity contribution in [1.29, 1.82) is 0 Å². The monoisotopic (exact) mass is 187 g/mol. The highest BCUT2D eigenvalue weighted by Gasteiger charge is 1.93. The maximum atomic E-state index is 4.33. The Morgan fingerprint density at radius 2 is 2.00 bits per heavy atom. The van der Waals surface area contributed by atoms with E-state index in [4.69, 9.17) is 0 Å². The van der Waals surface area contributed by atoms with Crippen molar-refractivity contribution in [3.63, 3.8) is 0 Å². The van der Waals surface area contributed by atoms with E-state index < -0.39 is 0 Å². The van der Waals surface area contributed by atoms with Crippen LogP contribution in [0.15, 0.2) is 35.3 Å². The maximum absolute atomic E-state index is 4.33. The molecule has 0 unspecified atom stereocenters. The predicted molar refractivity (Wildman–Crippen MR) is 62.7 cm³/mol. The second kappa shape index (κ2) is 5.41.